The van der Waals surface area contributed by atoms with E-state index >= 15 is 0 Å². The van der Waals surface area contributed by atoms with Crippen LogP contribution in [0.4, 0.5) is 0 Å². The van der Waals surface area contributed by atoms with Gasteiger partial charge in [0.05, 0.1) is 23.3 Å². The molecule has 0 aromatic heterocycles. The van der Waals surface area contributed by atoms with E-state index in [0.29, 0.717) is 11.1 Å². The van der Waals surface area contributed by atoms with Gasteiger partial charge in [-0.1, -0.05) is 0 Å². The van der Waals surface area contributed by atoms with Crippen molar-refractivity contribution in [2.45, 2.75) is 26.1 Å². The minimum atomic E-state index is -0.461. The fraction of sp³-hybridized carbons (Fsp3) is 0.500. The Hall–Kier alpha value is -1.92. The highest BCUT2D eigenvalue weighted by Crippen LogP contribution is 2.08. The molecule has 6 nitrogen and oxygen atoms in total. The van der Waals surface area contributed by atoms with Gasteiger partial charge in [-0.25, -0.2) is 9.59 Å². The van der Waals surface area contributed by atoms with E-state index in [1.54, 1.807) is 28.1 Å². The van der Waals surface area contributed by atoms with Crippen molar-refractivity contribution in [3.63, 3.8) is 0 Å². The normalized spacial score (nSPS) is 13.3. The van der Waals surface area contributed by atoms with E-state index in [0.717, 1.165) is 0 Å². The van der Waals surface area contributed by atoms with Gasteiger partial charge in [-0.3, -0.25) is 0 Å². The molecule has 0 amide bonds. The van der Waals surface area contributed by atoms with Crippen molar-refractivity contribution in [3.8, 4) is 0 Å². The molecule has 122 valence electrons. The van der Waals surface area contributed by atoms with Crippen molar-refractivity contribution in [2.75, 3.05) is 27.4 Å². The molecule has 0 fully saturated rings. The molecule has 0 spiro atoms. The number of benzene rings is 1. The molecule has 2 atom stereocenters. The van der Waals surface area contributed by atoms with Crippen molar-refractivity contribution < 1.29 is 28.5 Å². The first kappa shape index (κ1) is 18.1. The molecular formula is C16H22O6. The van der Waals surface area contributed by atoms with Crippen LogP contribution < -0.4 is 0 Å². The number of ether oxygens (including phenoxy) is 4. The molecule has 0 radical (unpaired) electrons. The monoisotopic (exact) mass is 310 g/mol. The Morgan fingerprint density at radius 2 is 1.14 bits per heavy atom. The van der Waals surface area contributed by atoms with Crippen LogP contribution in [-0.2, 0) is 18.9 Å². The molecule has 0 aliphatic rings. The molecule has 2 unspecified atom stereocenters. The van der Waals surface area contributed by atoms with E-state index in [9.17, 15) is 9.59 Å². The quantitative estimate of drug-likeness (QED) is 0.685. The molecule has 0 aliphatic heterocycles. The van der Waals surface area contributed by atoms with Gasteiger partial charge in [-0.2, -0.15) is 0 Å². The summed E-state index contributed by atoms with van der Waals surface area (Å²) in [5.41, 5.74) is 0.732. The summed E-state index contributed by atoms with van der Waals surface area (Å²) in [5.74, 6) is -0.923. The smallest absolute Gasteiger partial charge is 0.338 e. The van der Waals surface area contributed by atoms with Gasteiger partial charge in [0, 0.05) is 14.2 Å². The van der Waals surface area contributed by atoms with Gasteiger partial charge in [0.25, 0.3) is 0 Å². The third-order valence-corrected chi connectivity index (χ3v) is 3.06. The molecule has 0 aliphatic carbocycles. The molecule has 0 bridgehead atoms. The first-order valence-electron chi connectivity index (χ1n) is 6.97. The molecule has 0 saturated heterocycles. The summed E-state index contributed by atoms with van der Waals surface area (Å²) in [6.07, 6.45) is -0.332. The van der Waals surface area contributed by atoms with Crippen LogP contribution in [0.15, 0.2) is 24.3 Å². The van der Waals surface area contributed by atoms with Crippen LogP contribution in [0.25, 0.3) is 0 Å². The zero-order chi connectivity index (χ0) is 16.5. The lowest BCUT2D eigenvalue weighted by Gasteiger charge is -2.11. The largest absolute Gasteiger partial charge is 0.459 e. The van der Waals surface area contributed by atoms with Gasteiger partial charge in [0.15, 0.2) is 0 Å². The van der Waals surface area contributed by atoms with Gasteiger partial charge in [-0.15, -0.1) is 0 Å². The number of hydrogen-bond acceptors (Lipinski definition) is 6. The summed E-state index contributed by atoms with van der Waals surface area (Å²) in [6.45, 7) is 3.95. The third kappa shape index (κ3) is 5.83. The van der Waals surface area contributed by atoms with E-state index in [1.165, 1.54) is 24.3 Å². The predicted molar refractivity (Wildman–Crippen MR) is 79.9 cm³/mol. The Morgan fingerprint density at radius 1 is 0.818 bits per heavy atom. The Balaban J connectivity index is 2.55. The van der Waals surface area contributed by atoms with E-state index < -0.39 is 11.9 Å². The van der Waals surface area contributed by atoms with Crippen LogP contribution in [0, 0.1) is 0 Å². The highest BCUT2D eigenvalue weighted by Gasteiger charge is 2.13. The third-order valence-electron chi connectivity index (χ3n) is 3.06. The summed E-state index contributed by atoms with van der Waals surface area (Å²) in [6, 6.07) is 6.10. The van der Waals surface area contributed by atoms with Crippen LogP contribution in [0.2, 0.25) is 0 Å². The Kier molecular flexibility index (Phi) is 7.56. The van der Waals surface area contributed by atoms with Gasteiger partial charge in [0.1, 0.15) is 13.2 Å². The number of hydrogen-bond donors (Lipinski definition) is 0. The first-order chi connectivity index (χ1) is 10.5. The molecule has 0 heterocycles. The highest BCUT2D eigenvalue weighted by molar-refractivity contribution is 5.93. The lowest BCUT2D eigenvalue weighted by atomic mass is 10.1. The van der Waals surface area contributed by atoms with Crippen LogP contribution in [0.3, 0.4) is 0 Å². The number of esters is 2. The topological polar surface area (TPSA) is 71.1 Å². The Bertz CT molecular complexity index is 437. The zero-order valence-electron chi connectivity index (χ0n) is 13.3. The van der Waals surface area contributed by atoms with Gasteiger partial charge >= 0.3 is 11.9 Å². The van der Waals surface area contributed by atoms with Crippen LogP contribution in [0.1, 0.15) is 34.6 Å². The lowest BCUT2D eigenvalue weighted by molar-refractivity contribution is 0.0162. The average molecular weight is 310 g/mol. The highest BCUT2D eigenvalue weighted by atomic mass is 16.6. The summed E-state index contributed by atoms with van der Waals surface area (Å²) in [5, 5.41) is 0. The summed E-state index contributed by atoms with van der Waals surface area (Å²) >= 11 is 0. The van der Waals surface area contributed by atoms with Gasteiger partial charge in [0.2, 0.25) is 0 Å². The average Bonchev–Trinajstić information content (AvgIpc) is 2.56. The van der Waals surface area contributed by atoms with Crippen LogP contribution in [0.5, 0.6) is 0 Å². The summed E-state index contributed by atoms with van der Waals surface area (Å²) < 4.78 is 20.1. The number of carbonyl (C=O) groups is 2. The standard InChI is InChI=1S/C16H22O6/c1-11(19-3)9-21-15(17)13-5-7-14(8-6-13)16(18)22-10-12(2)20-4/h5-8,11-12H,9-10H2,1-4H3. The molecule has 22 heavy (non-hydrogen) atoms. The molecule has 0 saturated carbocycles. The zero-order valence-corrected chi connectivity index (χ0v) is 13.3. The number of methoxy groups -OCH3 is 2. The number of carbonyl (C=O) groups excluding carboxylic acids is 2. The first-order valence-corrected chi connectivity index (χ1v) is 6.97. The Labute approximate surface area is 130 Å². The maximum atomic E-state index is 11.8. The molecule has 1 aromatic carbocycles. The molecule has 0 N–H and O–H groups in total. The van der Waals surface area contributed by atoms with Crippen molar-refractivity contribution in [2.24, 2.45) is 0 Å². The molecule has 1 rings (SSSR count). The minimum absolute atomic E-state index is 0.166. The summed E-state index contributed by atoms with van der Waals surface area (Å²) in [4.78, 5) is 23.6. The summed E-state index contributed by atoms with van der Waals surface area (Å²) in [7, 11) is 3.09. The van der Waals surface area contributed by atoms with Crippen LogP contribution in [-0.4, -0.2) is 51.6 Å². The molecule has 6 heteroatoms. The second kappa shape index (κ2) is 9.17. The second-order valence-corrected chi connectivity index (χ2v) is 4.87. The Morgan fingerprint density at radius 3 is 1.41 bits per heavy atom. The van der Waals surface area contributed by atoms with Crippen molar-refractivity contribution in [1.82, 2.24) is 0 Å². The predicted octanol–water partition coefficient (Wildman–Crippen LogP) is 2.07. The van der Waals surface area contributed by atoms with E-state index in [2.05, 4.69) is 0 Å². The van der Waals surface area contributed by atoms with E-state index in [1.807, 2.05) is 0 Å². The van der Waals surface area contributed by atoms with E-state index in [-0.39, 0.29) is 25.4 Å². The fourth-order valence-corrected chi connectivity index (χ4v) is 1.43. The van der Waals surface area contributed by atoms with Gasteiger partial charge in [-0.05, 0) is 38.1 Å². The SMILES string of the molecule is COC(C)COC(=O)c1ccc(C(=O)OCC(C)OC)cc1. The van der Waals surface area contributed by atoms with Gasteiger partial charge < -0.3 is 18.9 Å². The maximum Gasteiger partial charge on any atom is 0.338 e. The second-order valence-electron chi connectivity index (χ2n) is 4.87. The fourth-order valence-electron chi connectivity index (χ4n) is 1.43. The van der Waals surface area contributed by atoms with E-state index in [4.69, 9.17) is 18.9 Å². The lowest BCUT2D eigenvalue weighted by Crippen LogP contribution is -2.18. The molecule has 1 aromatic rings. The number of rotatable bonds is 8. The molecular weight excluding hydrogens is 288 g/mol. The van der Waals surface area contributed by atoms with Crippen molar-refractivity contribution in [3.05, 3.63) is 35.4 Å². The van der Waals surface area contributed by atoms with Crippen molar-refractivity contribution in [1.29, 1.82) is 0 Å². The van der Waals surface area contributed by atoms with Crippen LogP contribution >= 0.6 is 0 Å². The van der Waals surface area contributed by atoms with Crippen molar-refractivity contribution >= 4 is 11.9 Å². The maximum absolute atomic E-state index is 11.8. The minimum Gasteiger partial charge on any atom is -0.459 e.